The number of hydrogen-bond acceptors (Lipinski definition) is 4. The molecular weight excluding hydrogens is 284 g/mol. The van der Waals surface area contributed by atoms with Crippen molar-refractivity contribution in [3.05, 3.63) is 24.3 Å². The molecule has 0 aliphatic carbocycles. The predicted molar refractivity (Wildman–Crippen MR) is 89.3 cm³/mol. The van der Waals surface area contributed by atoms with Gasteiger partial charge in [0.05, 0.1) is 10.6 Å². The van der Waals surface area contributed by atoms with Gasteiger partial charge in [0.15, 0.2) is 9.84 Å². The zero-order valence-corrected chi connectivity index (χ0v) is 14.3. The Balaban J connectivity index is 2.60. The molecule has 0 bridgehead atoms. The molecule has 1 aromatic carbocycles. The van der Waals surface area contributed by atoms with Gasteiger partial charge in [-0.05, 0) is 42.5 Å². The first-order chi connectivity index (χ1) is 9.64. The summed E-state index contributed by atoms with van der Waals surface area (Å²) in [6.07, 6.45) is 1.56. The van der Waals surface area contributed by atoms with Gasteiger partial charge in [0.1, 0.15) is 0 Å². The van der Waals surface area contributed by atoms with E-state index in [-0.39, 0.29) is 17.2 Å². The zero-order chi connectivity index (χ0) is 16.1. The summed E-state index contributed by atoms with van der Waals surface area (Å²) in [5.41, 5.74) is 7.19. The van der Waals surface area contributed by atoms with Gasteiger partial charge < -0.3 is 11.1 Å². The third kappa shape index (κ3) is 6.48. The van der Waals surface area contributed by atoms with Crippen LogP contribution in [0.1, 0.15) is 40.5 Å². The fraction of sp³-hybridized carbons (Fsp3) is 0.625. The van der Waals surface area contributed by atoms with Crippen LogP contribution in [0.4, 0.5) is 5.69 Å². The Morgan fingerprint density at radius 1 is 1.19 bits per heavy atom. The summed E-state index contributed by atoms with van der Waals surface area (Å²) in [4.78, 5) is 0.383. The maximum Gasteiger partial charge on any atom is 0.178 e. The molecule has 0 heterocycles. The highest BCUT2D eigenvalue weighted by molar-refractivity contribution is 7.91. The van der Waals surface area contributed by atoms with Crippen molar-refractivity contribution in [2.75, 3.05) is 17.6 Å². The topological polar surface area (TPSA) is 72.2 Å². The number of hydrogen-bond donors (Lipinski definition) is 2. The quantitative estimate of drug-likeness (QED) is 0.811. The summed E-state index contributed by atoms with van der Waals surface area (Å²) in [7, 11) is -3.13. The van der Waals surface area contributed by atoms with Gasteiger partial charge in [0, 0.05) is 18.3 Å². The molecule has 4 nitrogen and oxygen atoms in total. The van der Waals surface area contributed by atoms with Gasteiger partial charge in [-0.25, -0.2) is 8.42 Å². The second-order valence-electron chi connectivity index (χ2n) is 6.75. The standard InChI is InChI=1S/C16H28N2O2S/c1-5-10-21(19,20)15-8-6-14(7-9-15)18-12-13(17)11-16(2,3)4/h6-9,13,18H,5,10-12,17H2,1-4H3. The van der Waals surface area contributed by atoms with E-state index in [1.165, 1.54) is 0 Å². The summed E-state index contributed by atoms with van der Waals surface area (Å²) < 4.78 is 23.9. The van der Waals surface area contributed by atoms with E-state index in [0.29, 0.717) is 17.9 Å². The molecule has 0 spiro atoms. The number of benzene rings is 1. The first-order valence-electron chi connectivity index (χ1n) is 7.46. The van der Waals surface area contributed by atoms with E-state index < -0.39 is 9.84 Å². The largest absolute Gasteiger partial charge is 0.383 e. The molecule has 0 amide bonds. The lowest BCUT2D eigenvalue weighted by molar-refractivity contribution is 0.345. The summed E-state index contributed by atoms with van der Waals surface area (Å²) >= 11 is 0. The molecule has 0 fully saturated rings. The molecule has 21 heavy (non-hydrogen) atoms. The molecule has 0 aliphatic heterocycles. The molecule has 1 unspecified atom stereocenters. The number of sulfone groups is 1. The van der Waals surface area contributed by atoms with Crippen molar-refractivity contribution in [3.8, 4) is 0 Å². The molecule has 120 valence electrons. The first kappa shape index (κ1) is 18.0. The lowest BCUT2D eigenvalue weighted by atomic mass is 9.88. The molecule has 1 aromatic rings. The molecule has 0 radical (unpaired) electrons. The summed E-state index contributed by atoms with van der Waals surface area (Å²) in [6.45, 7) is 9.04. The van der Waals surface area contributed by atoms with Crippen LogP contribution in [0, 0.1) is 5.41 Å². The smallest absolute Gasteiger partial charge is 0.178 e. The number of nitrogens with one attached hydrogen (secondary N) is 1. The molecule has 0 aliphatic rings. The minimum Gasteiger partial charge on any atom is -0.383 e. The third-order valence-electron chi connectivity index (χ3n) is 3.13. The minimum atomic E-state index is -3.13. The van der Waals surface area contributed by atoms with E-state index in [1.807, 2.05) is 6.92 Å². The number of anilines is 1. The van der Waals surface area contributed by atoms with Crippen molar-refractivity contribution in [2.45, 2.75) is 51.5 Å². The van der Waals surface area contributed by atoms with Crippen LogP contribution in [0.5, 0.6) is 0 Å². The van der Waals surface area contributed by atoms with E-state index in [1.54, 1.807) is 24.3 Å². The van der Waals surface area contributed by atoms with E-state index in [0.717, 1.165) is 12.1 Å². The lowest BCUT2D eigenvalue weighted by Crippen LogP contribution is -2.33. The summed E-state index contributed by atoms with van der Waals surface area (Å²) in [6, 6.07) is 6.98. The molecule has 0 aromatic heterocycles. The molecule has 0 saturated carbocycles. The van der Waals surface area contributed by atoms with Crippen molar-refractivity contribution >= 4 is 15.5 Å². The molecule has 3 N–H and O–H groups in total. The normalized spacial score (nSPS) is 14.0. The van der Waals surface area contributed by atoms with E-state index in [2.05, 4.69) is 26.1 Å². The monoisotopic (exact) mass is 312 g/mol. The van der Waals surface area contributed by atoms with Crippen LogP contribution in [0.25, 0.3) is 0 Å². The fourth-order valence-electron chi connectivity index (χ4n) is 2.27. The van der Waals surface area contributed by atoms with E-state index >= 15 is 0 Å². The Hall–Kier alpha value is -1.07. The van der Waals surface area contributed by atoms with Gasteiger partial charge in [0.25, 0.3) is 0 Å². The van der Waals surface area contributed by atoms with Crippen molar-refractivity contribution in [2.24, 2.45) is 11.1 Å². The van der Waals surface area contributed by atoms with Gasteiger partial charge in [-0.15, -0.1) is 0 Å². The maximum atomic E-state index is 11.9. The average Bonchev–Trinajstić information content (AvgIpc) is 2.35. The Morgan fingerprint density at radius 2 is 1.76 bits per heavy atom. The maximum absolute atomic E-state index is 11.9. The molecule has 0 saturated heterocycles. The SMILES string of the molecule is CCCS(=O)(=O)c1ccc(NCC(N)CC(C)(C)C)cc1. The number of nitrogens with two attached hydrogens (primary N) is 1. The lowest BCUT2D eigenvalue weighted by Gasteiger charge is -2.23. The predicted octanol–water partition coefficient (Wildman–Crippen LogP) is 3.05. The van der Waals surface area contributed by atoms with E-state index in [9.17, 15) is 8.42 Å². The highest BCUT2D eigenvalue weighted by Gasteiger charge is 2.16. The van der Waals surface area contributed by atoms with Gasteiger partial charge in [-0.1, -0.05) is 27.7 Å². The average molecular weight is 312 g/mol. The molecule has 1 atom stereocenters. The first-order valence-corrected chi connectivity index (χ1v) is 9.11. The van der Waals surface area contributed by atoms with Gasteiger partial charge in [0.2, 0.25) is 0 Å². The molecule has 1 rings (SSSR count). The van der Waals surface area contributed by atoms with Crippen molar-refractivity contribution < 1.29 is 8.42 Å². The van der Waals surface area contributed by atoms with Crippen LogP contribution in [0.15, 0.2) is 29.2 Å². The van der Waals surface area contributed by atoms with Gasteiger partial charge in [-0.2, -0.15) is 0 Å². The molecular formula is C16H28N2O2S. The van der Waals surface area contributed by atoms with Crippen LogP contribution >= 0.6 is 0 Å². The fourth-order valence-corrected chi connectivity index (χ4v) is 3.60. The summed E-state index contributed by atoms with van der Waals surface area (Å²) in [5.74, 6) is 0.191. The van der Waals surface area contributed by atoms with Crippen LogP contribution in [-0.2, 0) is 9.84 Å². The summed E-state index contributed by atoms with van der Waals surface area (Å²) in [5, 5.41) is 3.26. The van der Waals surface area contributed by atoms with Crippen molar-refractivity contribution in [3.63, 3.8) is 0 Å². The van der Waals surface area contributed by atoms with Crippen LogP contribution in [-0.4, -0.2) is 26.8 Å². The van der Waals surface area contributed by atoms with Crippen molar-refractivity contribution in [1.82, 2.24) is 0 Å². The zero-order valence-electron chi connectivity index (χ0n) is 13.5. The van der Waals surface area contributed by atoms with E-state index in [4.69, 9.17) is 5.73 Å². The van der Waals surface area contributed by atoms with Crippen LogP contribution < -0.4 is 11.1 Å². The van der Waals surface area contributed by atoms with Crippen LogP contribution in [0.2, 0.25) is 0 Å². The highest BCUT2D eigenvalue weighted by Crippen LogP contribution is 2.20. The second-order valence-corrected chi connectivity index (χ2v) is 8.86. The Morgan fingerprint density at radius 3 is 2.24 bits per heavy atom. The Labute approximate surface area is 129 Å². The highest BCUT2D eigenvalue weighted by atomic mass is 32.2. The van der Waals surface area contributed by atoms with Crippen molar-refractivity contribution in [1.29, 1.82) is 0 Å². The minimum absolute atomic E-state index is 0.0773. The number of rotatable bonds is 7. The Kier molecular flexibility index (Phi) is 6.23. The van der Waals surface area contributed by atoms with Gasteiger partial charge >= 0.3 is 0 Å². The van der Waals surface area contributed by atoms with Crippen LogP contribution in [0.3, 0.4) is 0 Å². The second kappa shape index (κ2) is 7.27. The Bertz CT molecular complexity index is 530. The van der Waals surface area contributed by atoms with Gasteiger partial charge in [-0.3, -0.25) is 0 Å². The molecule has 5 heteroatoms. The third-order valence-corrected chi connectivity index (χ3v) is 5.07.